The molecule has 0 saturated carbocycles. The highest BCUT2D eigenvalue weighted by atomic mass is 16.1. The summed E-state index contributed by atoms with van der Waals surface area (Å²) in [5.41, 5.74) is 4.68. The van der Waals surface area contributed by atoms with Crippen LogP contribution in [0.3, 0.4) is 0 Å². The summed E-state index contributed by atoms with van der Waals surface area (Å²) in [7, 11) is 1.81. The number of Topliss-reactive ketones (excluding diaryl/α,β-unsaturated/α-hetero) is 1. The molecule has 1 aliphatic carbocycles. The molecule has 0 spiro atoms. The van der Waals surface area contributed by atoms with Gasteiger partial charge in [0.1, 0.15) is 11.0 Å². The third-order valence-corrected chi connectivity index (χ3v) is 3.42. The second kappa shape index (κ2) is 4.50. The number of aryl methyl sites for hydroxylation is 1. The van der Waals surface area contributed by atoms with Crippen LogP contribution in [-0.2, 0) is 11.8 Å². The Kier molecular flexibility index (Phi) is 2.81. The topological polar surface area (TPSA) is 59.8 Å². The van der Waals surface area contributed by atoms with E-state index in [0.29, 0.717) is 0 Å². The average Bonchev–Trinajstić information content (AvgIpc) is 2.94. The summed E-state index contributed by atoms with van der Waals surface area (Å²) in [6.07, 6.45) is 2.86. The van der Waals surface area contributed by atoms with E-state index in [1.165, 1.54) is 0 Å². The number of aromatic nitrogens is 3. The van der Waals surface area contributed by atoms with Gasteiger partial charge in [-0.25, -0.2) is 0 Å². The van der Waals surface area contributed by atoms with Crippen molar-refractivity contribution >= 4 is 22.5 Å². The molecule has 0 aliphatic heterocycles. The van der Waals surface area contributed by atoms with Crippen LogP contribution in [0.4, 0.5) is 5.69 Å². The monoisotopic (exact) mass is 256 g/mol. The fraction of sp³-hybridized carbons (Fsp3) is 0.357. The first-order valence-electron chi connectivity index (χ1n) is 6.44. The molecule has 0 saturated heterocycles. The van der Waals surface area contributed by atoms with Gasteiger partial charge in [0.15, 0.2) is 5.78 Å². The standard InChI is InChI=1S/C14H16N4O/c1-9(19)11-4-3-5-12(11)15-10-6-7-13-14(8-10)17-18(2)16-13/h6-8,15H,3-5H2,1-2H3. The number of hydrogen-bond acceptors (Lipinski definition) is 4. The summed E-state index contributed by atoms with van der Waals surface area (Å²) in [4.78, 5) is 13.1. The molecule has 1 N–H and O–H groups in total. The first-order valence-corrected chi connectivity index (χ1v) is 6.44. The van der Waals surface area contributed by atoms with Gasteiger partial charge in [0.05, 0.1) is 0 Å². The van der Waals surface area contributed by atoms with Crippen molar-refractivity contribution in [3.63, 3.8) is 0 Å². The van der Waals surface area contributed by atoms with Crippen LogP contribution in [-0.4, -0.2) is 20.8 Å². The molecule has 2 aromatic rings. The quantitative estimate of drug-likeness (QED) is 0.916. The highest BCUT2D eigenvalue weighted by molar-refractivity contribution is 5.95. The van der Waals surface area contributed by atoms with Crippen molar-refractivity contribution in [2.24, 2.45) is 7.05 Å². The van der Waals surface area contributed by atoms with Crippen molar-refractivity contribution in [2.75, 3.05) is 5.32 Å². The normalized spacial score (nSPS) is 15.3. The lowest BCUT2D eigenvalue weighted by molar-refractivity contribution is -0.113. The first kappa shape index (κ1) is 11.9. The highest BCUT2D eigenvalue weighted by Crippen LogP contribution is 2.28. The van der Waals surface area contributed by atoms with E-state index < -0.39 is 0 Å². The lowest BCUT2D eigenvalue weighted by Gasteiger charge is -2.08. The number of carbonyl (C=O) groups is 1. The Morgan fingerprint density at radius 1 is 1.26 bits per heavy atom. The summed E-state index contributed by atoms with van der Waals surface area (Å²) < 4.78 is 0. The fourth-order valence-electron chi connectivity index (χ4n) is 2.54. The van der Waals surface area contributed by atoms with Crippen molar-refractivity contribution in [3.8, 4) is 0 Å². The predicted octanol–water partition coefficient (Wildman–Crippen LogP) is 2.41. The summed E-state index contributed by atoms with van der Waals surface area (Å²) in [6, 6.07) is 5.87. The summed E-state index contributed by atoms with van der Waals surface area (Å²) in [5.74, 6) is 0.167. The zero-order chi connectivity index (χ0) is 13.4. The smallest absolute Gasteiger partial charge is 0.157 e. The van der Waals surface area contributed by atoms with E-state index in [1.807, 2.05) is 18.2 Å². The van der Waals surface area contributed by atoms with Crippen LogP contribution < -0.4 is 5.32 Å². The Morgan fingerprint density at radius 2 is 2.05 bits per heavy atom. The SMILES string of the molecule is CC(=O)C1=C(Nc2ccc3nn(C)nc3c2)CCC1. The maximum atomic E-state index is 11.5. The number of nitrogens with one attached hydrogen (secondary N) is 1. The Hall–Kier alpha value is -2.17. The number of anilines is 1. The van der Waals surface area contributed by atoms with E-state index in [9.17, 15) is 4.79 Å². The van der Waals surface area contributed by atoms with Gasteiger partial charge in [-0.15, -0.1) is 0 Å². The summed E-state index contributed by atoms with van der Waals surface area (Å²) in [6.45, 7) is 1.63. The zero-order valence-corrected chi connectivity index (χ0v) is 11.1. The van der Waals surface area contributed by atoms with Gasteiger partial charge in [-0.2, -0.15) is 15.0 Å². The molecule has 1 aliphatic rings. The molecule has 0 bridgehead atoms. The van der Waals surface area contributed by atoms with Gasteiger partial charge in [0, 0.05) is 24.0 Å². The predicted molar refractivity (Wildman–Crippen MR) is 73.7 cm³/mol. The Morgan fingerprint density at radius 3 is 2.84 bits per heavy atom. The minimum atomic E-state index is 0.167. The zero-order valence-electron chi connectivity index (χ0n) is 11.1. The van der Waals surface area contributed by atoms with Gasteiger partial charge in [-0.05, 0) is 44.4 Å². The molecule has 0 atom stereocenters. The minimum absolute atomic E-state index is 0.167. The molecule has 0 unspecified atom stereocenters. The summed E-state index contributed by atoms with van der Waals surface area (Å²) in [5, 5.41) is 11.9. The molecule has 19 heavy (non-hydrogen) atoms. The van der Waals surface area contributed by atoms with E-state index in [0.717, 1.165) is 47.3 Å². The lowest BCUT2D eigenvalue weighted by Crippen LogP contribution is -2.03. The summed E-state index contributed by atoms with van der Waals surface area (Å²) >= 11 is 0. The highest BCUT2D eigenvalue weighted by Gasteiger charge is 2.18. The van der Waals surface area contributed by atoms with Crippen LogP contribution >= 0.6 is 0 Å². The van der Waals surface area contributed by atoms with E-state index >= 15 is 0 Å². The largest absolute Gasteiger partial charge is 0.358 e. The van der Waals surface area contributed by atoms with E-state index in [2.05, 4.69) is 15.5 Å². The van der Waals surface area contributed by atoms with E-state index in [1.54, 1.807) is 18.8 Å². The molecule has 1 aromatic heterocycles. The molecule has 3 rings (SSSR count). The molecule has 1 heterocycles. The van der Waals surface area contributed by atoms with Crippen molar-refractivity contribution in [1.82, 2.24) is 15.0 Å². The number of nitrogens with zero attached hydrogens (tertiary/aromatic N) is 3. The molecule has 1 aromatic carbocycles. The minimum Gasteiger partial charge on any atom is -0.358 e. The van der Waals surface area contributed by atoms with E-state index in [-0.39, 0.29) is 5.78 Å². The molecule has 5 heteroatoms. The number of carbonyl (C=O) groups excluding carboxylic acids is 1. The molecule has 5 nitrogen and oxygen atoms in total. The van der Waals surface area contributed by atoms with Crippen LogP contribution in [0.15, 0.2) is 29.5 Å². The van der Waals surface area contributed by atoms with Crippen LogP contribution in [0.25, 0.3) is 11.0 Å². The number of rotatable bonds is 3. The van der Waals surface area contributed by atoms with Crippen molar-refractivity contribution < 1.29 is 4.79 Å². The third-order valence-electron chi connectivity index (χ3n) is 3.42. The number of hydrogen-bond donors (Lipinski definition) is 1. The second-order valence-corrected chi connectivity index (χ2v) is 4.88. The first-order chi connectivity index (χ1) is 9.13. The lowest BCUT2D eigenvalue weighted by atomic mass is 10.1. The maximum absolute atomic E-state index is 11.5. The van der Waals surface area contributed by atoms with Crippen LogP contribution in [0, 0.1) is 0 Å². The van der Waals surface area contributed by atoms with Gasteiger partial charge in [-0.1, -0.05) is 0 Å². The fourth-order valence-corrected chi connectivity index (χ4v) is 2.54. The molecule has 98 valence electrons. The Bertz CT molecular complexity index is 684. The Balaban J connectivity index is 1.92. The average molecular weight is 256 g/mol. The van der Waals surface area contributed by atoms with Crippen LogP contribution in [0.5, 0.6) is 0 Å². The van der Waals surface area contributed by atoms with Crippen molar-refractivity contribution in [2.45, 2.75) is 26.2 Å². The molecular formula is C14H16N4O. The van der Waals surface area contributed by atoms with Crippen LogP contribution in [0.1, 0.15) is 26.2 Å². The van der Waals surface area contributed by atoms with Gasteiger partial charge in [0.2, 0.25) is 0 Å². The molecule has 0 radical (unpaired) electrons. The number of ketones is 1. The van der Waals surface area contributed by atoms with Crippen molar-refractivity contribution in [3.05, 3.63) is 29.5 Å². The molecule has 0 fully saturated rings. The molecular weight excluding hydrogens is 240 g/mol. The number of allylic oxidation sites excluding steroid dienone is 2. The number of benzene rings is 1. The van der Waals surface area contributed by atoms with Gasteiger partial charge in [0.25, 0.3) is 0 Å². The van der Waals surface area contributed by atoms with Gasteiger partial charge < -0.3 is 5.32 Å². The van der Waals surface area contributed by atoms with Crippen molar-refractivity contribution in [1.29, 1.82) is 0 Å². The van der Waals surface area contributed by atoms with E-state index in [4.69, 9.17) is 0 Å². The maximum Gasteiger partial charge on any atom is 0.157 e. The third kappa shape index (κ3) is 2.23. The van der Waals surface area contributed by atoms with Gasteiger partial charge >= 0.3 is 0 Å². The molecule has 0 amide bonds. The van der Waals surface area contributed by atoms with Crippen LogP contribution in [0.2, 0.25) is 0 Å². The Labute approximate surface area is 111 Å². The number of fused-ring (bicyclic) bond motifs is 1. The second-order valence-electron chi connectivity index (χ2n) is 4.88. The van der Waals surface area contributed by atoms with Gasteiger partial charge in [-0.3, -0.25) is 4.79 Å².